The van der Waals surface area contributed by atoms with Crippen molar-refractivity contribution in [3.05, 3.63) is 47.5 Å². The molecule has 0 aliphatic heterocycles. The van der Waals surface area contributed by atoms with Gasteiger partial charge in [-0.05, 0) is 42.3 Å². The van der Waals surface area contributed by atoms with E-state index in [1.54, 1.807) is 18.2 Å². The Labute approximate surface area is 157 Å². The molecule has 2 N–H and O–H groups in total. The highest BCUT2D eigenvalue weighted by Gasteiger charge is 2.15. The van der Waals surface area contributed by atoms with Crippen molar-refractivity contribution < 1.29 is 28.9 Å². The van der Waals surface area contributed by atoms with Crippen LogP contribution in [0.15, 0.2) is 36.4 Å². The van der Waals surface area contributed by atoms with E-state index >= 15 is 0 Å². The lowest BCUT2D eigenvalue weighted by atomic mass is 10.1. The van der Waals surface area contributed by atoms with Crippen molar-refractivity contribution in [1.82, 2.24) is 0 Å². The van der Waals surface area contributed by atoms with E-state index in [0.29, 0.717) is 35.3 Å². The van der Waals surface area contributed by atoms with Crippen LogP contribution in [0, 0.1) is 5.92 Å². The standard InChI is InChI=1S/C20H23NO6/c1-12(2)11-27-16-8-6-13(9-18(16)26-4)19(22)21-15-7-5-14(20(23)24)10-17(15)25-3/h5-10,12H,11H2,1-4H3,(H,21,22)(H,23,24). The first-order chi connectivity index (χ1) is 12.8. The second-order valence-electron chi connectivity index (χ2n) is 6.24. The first-order valence-electron chi connectivity index (χ1n) is 8.39. The number of rotatable bonds is 8. The predicted molar refractivity (Wildman–Crippen MR) is 101 cm³/mol. The largest absolute Gasteiger partial charge is 0.495 e. The highest BCUT2D eigenvalue weighted by atomic mass is 16.5. The van der Waals surface area contributed by atoms with Gasteiger partial charge in [-0.2, -0.15) is 0 Å². The van der Waals surface area contributed by atoms with E-state index in [4.69, 9.17) is 19.3 Å². The van der Waals surface area contributed by atoms with Gasteiger partial charge in [-0.15, -0.1) is 0 Å². The number of amides is 1. The summed E-state index contributed by atoms with van der Waals surface area (Å²) in [7, 11) is 2.91. The quantitative estimate of drug-likeness (QED) is 0.733. The van der Waals surface area contributed by atoms with Gasteiger partial charge in [0.25, 0.3) is 5.91 Å². The third-order valence-corrected chi connectivity index (χ3v) is 3.69. The Balaban J connectivity index is 2.22. The molecule has 0 heterocycles. The average Bonchev–Trinajstić information content (AvgIpc) is 2.66. The van der Waals surface area contributed by atoms with Crippen molar-refractivity contribution in [3.63, 3.8) is 0 Å². The number of anilines is 1. The number of methoxy groups -OCH3 is 2. The lowest BCUT2D eigenvalue weighted by molar-refractivity contribution is 0.0696. The molecule has 144 valence electrons. The number of ether oxygens (including phenoxy) is 3. The maximum absolute atomic E-state index is 12.6. The normalized spacial score (nSPS) is 10.4. The molecule has 0 atom stereocenters. The van der Waals surface area contributed by atoms with E-state index in [2.05, 4.69) is 5.32 Å². The van der Waals surface area contributed by atoms with Gasteiger partial charge >= 0.3 is 5.97 Å². The van der Waals surface area contributed by atoms with Crippen molar-refractivity contribution in [3.8, 4) is 17.2 Å². The van der Waals surface area contributed by atoms with Crippen LogP contribution in [0.2, 0.25) is 0 Å². The SMILES string of the molecule is COc1cc(C(=O)O)ccc1NC(=O)c1ccc(OCC(C)C)c(OC)c1. The Bertz CT molecular complexity index is 831. The molecule has 7 heteroatoms. The molecule has 1 amide bonds. The van der Waals surface area contributed by atoms with Crippen LogP contribution in [-0.4, -0.2) is 37.8 Å². The molecular formula is C20H23NO6. The molecule has 0 aliphatic carbocycles. The molecule has 0 bridgehead atoms. The molecule has 0 aromatic heterocycles. The fraction of sp³-hybridized carbons (Fsp3) is 0.300. The predicted octanol–water partition coefficient (Wildman–Crippen LogP) is 3.69. The minimum atomic E-state index is -1.08. The summed E-state index contributed by atoms with van der Waals surface area (Å²) in [6.45, 7) is 4.61. The van der Waals surface area contributed by atoms with Crippen molar-refractivity contribution in [2.75, 3.05) is 26.1 Å². The summed E-state index contributed by atoms with van der Waals surface area (Å²) in [6, 6.07) is 9.12. The Morgan fingerprint density at radius 1 is 0.963 bits per heavy atom. The first kappa shape index (κ1) is 20.1. The van der Waals surface area contributed by atoms with Gasteiger partial charge in [-0.25, -0.2) is 4.79 Å². The molecule has 0 aliphatic rings. The van der Waals surface area contributed by atoms with Crippen LogP contribution in [0.3, 0.4) is 0 Å². The van der Waals surface area contributed by atoms with Gasteiger partial charge in [0.2, 0.25) is 0 Å². The monoisotopic (exact) mass is 373 g/mol. The van der Waals surface area contributed by atoms with Crippen molar-refractivity contribution in [1.29, 1.82) is 0 Å². The van der Waals surface area contributed by atoms with E-state index in [1.807, 2.05) is 13.8 Å². The Morgan fingerprint density at radius 3 is 2.19 bits per heavy atom. The number of carboxylic acid groups (broad SMARTS) is 1. The van der Waals surface area contributed by atoms with E-state index in [0.717, 1.165) is 0 Å². The van der Waals surface area contributed by atoms with Crippen LogP contribution in [0.5, 0.6) is 17.2 Å². The third kappa shape index (κ3) is 5.13. The van der Waals surface area contributed by atoms with Crippen molar-refractivity contribution in [2.24, 2.45) is 5.92 Å². The number of nitrogens with one attached hydrogen (secondary N) is 1. The maximum Gasteiger partial charge on any atom is 0.335 e. The molecule has 0 saturated heterocycles. The first-order valence-corrected chi connectivity index (χ1v) is 8.39. The molecule has 0 radical (unpaired) electrons. The van der Waals surface area contributed by atoms with Crippen LogP contribution in [0.4, 0.5) is 5.69 Å². The number of carbonyl (C=O) groups is 2. The van der Waals surface area contributed by atoms with Gasteiger partial charge in [0.15, 0.2) is 11.5 Å². The van der Waals surface area contributed by atoms with E-state index < -0.39 is 5.97 Å². The minimum Gasteiger partial charge on any atom is -0.495 e. The van der Waals surface area contributed by atoms with Crippen LogP contribution >= 0.6 is 0 Å². The summed E-state index contributed by atoms with van der Waals surface area (Å²) in [6.07, 6.45) is 0. The molecule has 27 heavy (non-hydrogen) atoms. The second-order valence-corrected chi connectivity index (χ2v) is 6.24. The molecule has 0 spiro atoms. The topological polar surface area (TPSA) is 94.1 Å². The number of aromatic carboxylic acids is 1. The molecule has 2 rings (SSSR count). The fourth-order valence-electron chi connectivity index (χ4n) is 2.31. The van der Waals surface area contributed by atoms with E-state index in [9.17, 15) is 9.59 Å². The zero-order valence-corrected chi connectivity index (χ0v) is 15.7. The highest BCUT2D eigenvalue weighted by Crippen LogP contribution is 2.30. The Morgan fingerprint density at radius 2 is 1.59 bits per heavy atom. The van der Waals surface area contributed by atoms with E-state index in [-0.39, 0.29) is 17.2 Å². The summed E-state index contributed by atoms with van der Waals surface area (Å²) in [5, 5.41) is 11.8. The summed E-state index contributed by atoms with van der Waals surface area (Å²) in [5.41, 5.74) is 0.804. The van der Waals surface area contributed by atoms with Gasteiger partial charge < -0.3 is 24.6 Å². The number of hydrogen-bond donors (Lipinski definition) is 2. The average molecular weight is 373 g/mol. The zero-order chi connectivity index (χ0) is 20.0. The Kier molecular flexibility index (Phi) is 6.65. The Hall–Kier alpha value is -3.22. The fourth-order valence-corrected chi connectivity index (χ4v) is 2.31. The molecule has 0 fully saturated rings. The van der Waals surface area contributed by atoms with Crippen molar-refractivity contribution in [2.45, 2.75) is 13.8 Å². The number of carbonyl (C=O) groups excluding carboxylic acids is 1. The van der Waals surface area contributed by atoms with Crippen LogP contribution in [-0.2, 0) is 0 Å². The third-order valence-electron chi connectivity index (χ3n) is 3.69. The summed E-state index contributed by atoms with van der Waals surface area (Å²) < 4.78 is 16.2. The highest BCUT2D eigenvalue weighted by molar-refractivity contribution is 6.05. The van der Waals surface area contributed by atoms with Crippen LogP contribution in [0.1, 0.15) is 34.6 Å². The van der Waals surface area contributed by atoms with Crippen LogP contribution < -0.4 is 19.5 Å². The minimum absolute atomic E-state index is 0.0678. The van der Waals surface area contributed by atoms with Gasteiger partial charge in [0.1, 0.15) is 5.75 Å². The van der Waals surface area contributed by atoms with Gasteiger partial charge in [0, 0.05) is 5.56 Å². The second kappa shape index (κ2) is 8.93. The molecule has 7 nitrogen and oxygen atoms in total. The summed E-state index contributed by atoms with van der Waals surface area (Å²) in [4.78, 5) is 23.6. The van der Waals surface area contributed by atoms with Gasteiger partial charge in [-0.3, -0.25) is 4.79 Å². The lowest BCUT2D eigenvalue weighted by Gasteiger charge is -2.14. The van der Waals surface area contributed by atoms with Gasteiger partial charge in [0.05, 0.1) is 32.1 Å². The summed E-state index contributed by atoms with van der Waals surface area (Å²) >= 11 is 0. The molecule has 0 saturated carbocycles. The summed E-state index contributed by atoms with van der Waals surface area (Å²) in [5.74, 6) is 0.173. The lowest BCUT2D eigenvalue weighted by Crippen LogP contribution is -2.13. The molecular weight excluding hydrogens is 350 g/mol. The maximum atomic E-state index is 12.6. The zero-order valence-electron chi connectivity index (χ0n) is 15.7. The van der Waals surface area contributed by atoms with Crippen LogP contribution in [0.25, 0.3) is 0 Å². The number of carboxylic acids is 1. The molecule has 2 aromatic carbocycles. The molecule has 2 aromatic rings. The van der Waals surface area contributed by atoms with Crippen molar-refractivity contribution >= 4 is 17.6 Å². The molecule has 0 unspecified atom stereocenters. The number of hydrogen-bond acceptors (Lipinski definition) is 5. The number of benzene rings is 2. The smallest absolute Gasteiger partial charge is 0.335 e. The van der Waals surface area contributed by atoms with E-state index in [1.165, 1.54) is 32.4 Å². The van der Waals surface area contributed by atoms with Gasteiger partial charge in [-0.1, -0.05) is 13.8 Å².